The molecule has 0 aliphatic carbocycles. The Hall–Kier alpha value is -0.830. The minimum absolute atomic E-state index is 0.0311. The predicted molar refractivity (Wildman–Crippen MR) is 41.2 cm³/mol. The molecule has 3 N–H and O–H groups in total. The van der Waals surface area contributed by atoms with Gasteiger partial charge >= 0.3 is 0 Å². The van der Waals surface area contributed by atoms with E-state index in [1.54, 1.807) is 12.3 Å². The molecular weight excluding hydrogens is 128 g/mol. The molecule has 0 saturated carbocycles. The van der Waals surface area contributed by atoms with Crippen LogP contribution in [0.4, 0.5) is 0 Å². The van der Waals surface area contributed by atoms with Crippen molar-refractivity contribution in [3.63, 3.8) is 0 Å². The van der Waals surface area contributed by atoms with E-state index in [4.69, 9.17) is 5.73 Å². The SMILES string of the molecule is C/C=C/NC(=O)CCCN. The summed E-state index contributed by atoms with van der Waals surface area (Å²) in [6, 6.07) is 0. The van der Waals surface area contributed by atoms with Crippen LogP contribution in [-0.4, -0.2) is 12.5 Å². The van der Waals surface area contributed by atoms with E-state index in [2.05, 4.69) is 5.32 Å². The van der Waals surface area contributed by atoms with E-state index in [9.17, 15) is 4.79 Å². The first-order valence-corrected chi connectivity index (χ1v) is 3.42. The summed E-state index contributed by atoms with van der Waals surface area (Å²) in [6.07, 6.45) is 4.67. The molecule has 0 fully saturated rings. The van der Waals surface area contributed by atoms with Crippen LogP contribution in [0.15, 0.2) is 12.3 Å². The Labute approximate surface area is 61.3 Å². The van der Waals surface area contributed by atoms with Crippen LogP contribution in [0, 0.1) is 0 Å². The molecular formula is C7H14N2O. The highest BCUT2D eigenvalue weighted by Crippen LogP contribution is 1.84. The number of nitrogens with two attached hydrogens (primary N) is 1. The van der Waals surface area contributed by atoms with Gasteiger partial charge in [-0.05, 0) is 26.1 Å². The minimum Gasteiger partial charge on any atom is -0.333 e. The van der Waals surface area contributed by atoms with Gasteiger partial charge in [-0.2, -0.15) is 0 Å². The Morgan fingerprint density at radius 2 is 2.40 bits per heavy atom. The lowest BCUT2D eigenvalue weighted by molar-refractivity contribution is -0.120. The number of amides is 1. The Morgan fingerprint density at radius 3 is 2.90 bits per heavy atom. The highest BCUT2D eigenvalue weighted by atomic mass is 16.1. The molecule has 58 valence electrons. The maximum absolute atomic E-state index is 10.7. The van der Waals surface area contributed by atoms with Crippen LogP contribution in [-0.2, 0) is 4.79 Å². The van der Waals surface area contributed by atoms with Crippen molar-refractivity contribution in [2.75, 3.05) is 6.54 Å². The van der Waals surface area contributed by atoms with Crippen molar-refractivity contribution in [3.8, 4) is 0 Å². The van der Waals surface area contributed by atoms with E-state index < -0.39 is 0 Å². The van der Waals surface area contributed by atoms with Gasteiger partial charge in [0.25, 0.3) is 0 Å². The lowest BCUT2D eigenvalue weighted by atomic mass is 10.3. The second-order valence-electron chi connectivity index (χ2n) is 1.96. The van der Waals surface area contributed by atoms with Crippen molar-refractivity contribution in [2.45, 2.75) is 19.8 Å². The second kappa shape index (κ2) is 6.29. The van der Waals surface area contributed by atoms with Crippen molar-refractivity contribution in [3.05, 3.63) is 12.3 Å². The average Bonchev–Trinajstić information content (AvgIpc) is 1.97. The molecule has 0 radical (unpaired) electrons. The molecule has 0 rings (SSSR count). The molecule has 0 aromatic heterocycles. The summed E-state index contributed by atoms with van der Waals surface area (Å²) in [5.74, 6) is 0.0311. The third-order valence-corrected chi connectivity index (χ3v) is 1.02. The van der Waals surface area contributed by atoms with Crippen LogP contribution in [0.3, 0.4) is 0 Å². The van der Waals surface area contributed by atoms with Crippen molar-refractivity contribution < 1.29 is 4.79 Å². The summed E-state index contributed by atoms with van der Waals surface area (Å²) in [7, 11) is 0. The first-order chi connectivity index (χ1) is 4.81. The molecule has 0 aromatic carbocycles. The number of allylic oxidation sites excluding steroid dienone is 1. The quantitative estimate of drug-likeness (QED) is 0.596. The first kappa shape index (κ1) is 9.17. The number of nitrogens with one attached hydrogen (secondary N) is 1. The molecule has 3 nitrogen and oxygen atoms in total. The number of hydrogen-bond acceptors (Lipinski definition) is 2. The van der Waals surface area contributed by atoms with Gasteiger partial charge in [0.05, 0.1) is 0 Å². The van der Waals surface area contributed by atoms with Gasteiger partial charge < -0.3 is 11.1 Å². The van der Waals surface area contributed by atoms with Crippen molar-refractivity contribution in [1.29, 1.82) is 0 Å². The highest BCUT2D eigenvalue weighted by molar-refractivity contribution is 5.76. The third kappa shape index (κ3) is 5.31. The molecule has 0 aromatic rings. The van der Waals surface area contributed by atoms with Crippen LogP contribution < -0.4 is 11.1 Å². The lowest BCUT2D eigenvalue weighted by Gasteiger charge is -1.96. The van der Waals surface area contributed by atoms with Crippen LogP contribution >= 0.6 is 0 Å². The molecule has 0 unspecified atom stereocenters. The van der Waals surface area contributed by atoms with Gasteiger partial charge in [0.1, 0.15) is 0 Å². The van der Waals surface area contributed by atoms with Crippen LogP contribution in [0.2, 0.25) is 0 Å². The summed E-state index contributed by atoms with van der Waals surface area (Å²) in [6.45, 7) is 2.42. The first-order valence-electron chi connectivity index (χ1n) is 3.42. The standard InChI is InChI=1S/C7H14N2O/c1-2-6-9-7(10)4-3-5-8/h2,6H,3-5,8H2,1H3,(H,9,10)/b6-2+. The molecule has 0 bridgehead atoms. The Kier molecular flexibility index (Phi) is 5.77. The lowest BCUT2D eigenvalue weighted by Crippen LogP contribution is -2.17. The maximum Gasteiger partial charge on any atom is 0.223 e. The number of hydrogen-bond donors (Lipinski definition) is 2. The zero-order chi connectivity index (χ0) is 7.82. The summed E-state index contributed by atoms with van der Waals surface area (Å²) in [5.41, 5.74) is 5.21. The van der Waals surface area contributed by atoms with E-state index >= 15 is 0 Å². The Bertz CT molecular complexity index is 121. The summed E-state index contributed by atoms with van der Waals surface area (Å²) >= 11 is 0. The van der Waals surface area contributed by atoms with E-state index in [1.165, 1.54) is 0 Å². The molecule has 1 amide bonds. The van der Waals surface area contributed by atoms with Crippen LogP contribution in [0.5, 0.6) is 0 Å². The molecule has 0 atom stereocenters. The molecule has 10 heavy (non-hydrogen) atoms. The fraction of sp³-hybridized carbons (Fsp3) is 0.571. The largest absolute Gasteiger partial charge is 0.333 e. The third-order valence-electron chi connectivity index (χ3n) is 1.02. The predicted octanol–water partition coefficient (Wildman–Crippen LogP) is 0.375. The fourth-order valence-electron chi connectivity index (χ4n) is 0.511. The molecule has 0 heterocycles. The van der Waals surface area contributed by atoms with Gasteiger partial charge in [-0.25, -0.2) is 0 Å². The fourth-order valence-corrected chi connectivity index (χ4v) is 0.511. The van der Waals surface area contributed by atoms with Crippen LogP contribution in [0.1, 0.15) is 19.8 Å². The minimum atomic E-state index is 0.0311. The van der Waals surface area contributed by atoms with Crippen molar-refractivity contribution in [1.82, 2.24) is 5.32 Å². The molecule has 3 heteroatoms. The van der Waals surface area contributed by atoms with Gasteiger partial charge in [-0.15, -0.1) is 0 Å². The normalized spacial score (nSPS) is 10.2. The zero-order valence-electron chi connectivity index (χ0n) is 6.26. The summed E-state index contributed by atoms with van der Waals surface area (Å²) in [5, 5.41) is 2.59. The monoisotopic (exact) mass is 142 g/mol. The zero-order valence-corrected chi connectivity index (χ0v) is 6.26. The Balaban J connectivity index is 3.25. The maximum atomic E-state index is 10.7. The van der Waals surface area contributed by atoms with Crippen molar-refractivity contribution >= 4 is 5.91 Å². The number of carbonyl (C=O) groups excluding carboxylic acids is 1. The van der Waals surface area contributed by atoms with Crippen molar-refractivity contribution in [2.24, 2.45) is 5.73 Å². The topological polar surface area (TPSA) is 55.1 Å². The number of carbonyl (C=O) groups is 1. The molecule has 0 spiro atoms. The smallest absolute Gasteiger partial charge is 0.223 e. The van der Waals surface area contributed by atoms with E-state index in [1.807, 2.05) is 6.92 Å². The van der Waals surface area contributed by atoms with Gasteiger partial charge in [0, 0.05) is 6.42 Å². The van der Waals surface area contributed by atoms with E-state index in [0.29, 0.717) is 13.0 Å². The second-order valence-corrected chi connectivity index (χ2v) is 1.96. The van der Waals surface area contributed by atoms with Gasteiger partial charge in [-0.3, -0.25) is 4.79 Å². The number of rotatable bonds is 4. The summed E-state index contributed by atoms with van der Waals surface area (Å²) < 4.78 is 0. The van der Waals surface area contributed by atoms with Gasteiger partial charge in [0.15, 0.2) is 0 Å². The molecule has 0 aliphatic heterocycles. The summed E-state index contributed by atoms with van der Waals surface area (Å²) in [4.78, 5) is 10.7. The van der Waals surface area contributed by atoms with E-state index in [0.717, 1.165) is 6.42 Å². The molecule has 0 saturated heterocycles. The van der Waals surface area contributed by atoms with E-state index in [-0.39, 0.29) is 5.91 Å². The molecule has 0 aliphatic rings. The van der Waals surface area contributed by atoms with Gasteiger partial charge in [0.2, 0.25) is 5.91 Å². The Morgan fingerprint density at radius 1 is 1.70 bits per heavy atom. The highest BCUT2D eigenvalue weighted by Gasteiger charge is 1.94. The van der Waals surface area contributed by atoms with Crippen LogP contribution in [0.25, 0.3) is 0 Å². The van der Waals surface area contributed by atoms with Gasteiger partial charge in [-0.1, -0.05) is 6.08 Å². The average molecular weight is 142 g/mol.